The average Bonchev–Trinajstić information content (AvgIpc) is 3.42. The normalized spacial score (nSPS) is 27.4. The van der Waals surface area contributed by atoms with Crippen molar-refractivity contribution in [3.05, 3.63) is 35.7 Å². The Balaban J connectivity index is 1.19. The van der Waals surface area contributed by atoms with Crippen LogP contribution < -0.4 is 25.4 Å². The predicted molar refractivity (Wildman–Crippen MR) is 108 cm³/mol. The standard InChI is InChI=1S/C21H29N5O2/c1-22-21(23-9-6-20(25-21)24-17-3-4-17)16-7-10-26(11-8-16)13-15-2-5-18-19(12-15)28-14-27-18/h2,5-6,9,12,16-17,22,24-25H,3-4,7-8,10-11,13-14H2,1H3. The highest BCUT2D eigenvalue weighted by atomic mass is 16.7. The first kappa shape index (κ1) is 17.8. The zero-order valence-electron chi connectivity index (χ0n) is 16.4. The van der Waals surface area contributed by atoms with Gasteiger partial charge in [-0.2, -0.15) is 0 Å². The Kier molecular flexibility index (Phi) is 4.64. The molecule has 3 aliphatic heterocycles. The van der Waals surface area contributed by atoms with Crippen LogP contribution in [0.3, 0.4) is 0 Å². The van der Waals surface area contributed by atoms with Crippen LogP contribution in [0.1, 0.15) is 31.2 Å². The SMILES string of the molecule is CNC1(C2CCN(Cc3ccc4c(c3)OCO4)CC2)N=CC=C(NC2CC2)N1. The Morgan fingerprint density at radius 2 is 2.00 bits per heavy atom. The van der Waals surface area contributed by atoms with Gasteiger partial charge in [0.25, 0.3) is 0 Å². The van der Waals surface area contributed by atoms with Gasteiger partial charge in [-0.05, 0) is 69.6 Å². The van der Waals surface area contributed by atoms with Crippen molar-refractivity contribution < 1.29 is 9.47 Å². The molecule has 28 heavy (non-hydrogen) atoms. The third-order valence-electron chi connectivity index (χ3n) is 6.18. The minimum Gasteiger partial charge on any atom is -0.454 e. The average molecular weight is 383 g/mol. The van der Waals surface area contributed by atoms with Gasteiger partial charge in [-0.3, -0.25) is 15.2 Å². The lowest BCUT2D eigenvalue weighted by Gasteiger charge is -2.44. The first-order valence-electron chi connectivity index (χ1n) is 10.3. The highest BCUT2D eigenvalue weighted by Crippen LogP contribution is 2.34. The molecule has 7 nitrogen and oxygen atoms in total. The van der Waals surface area contributed by atoms with Gasteiger partial charge in [0, 0.05) is 24.7 Å². The zero-order valence-corrected chi connectivity index (χ0v) is 16.4. The van der Waals surface area contributed by atoms with E-state index in [4.69, 9.17) is 14.5 Å². The maximum Gasteiger partial charge on any atom is 0.231 e. The smallest absolute Gasteiger partial charge is 0.231 e. The first-order valence-corrected chi connectivity index (χ1v) is 10.3. The summed E-state index contributed by atoms with van der Waals surface area (Å²) < 4.78 is 10.9. The number of nitrogens with one attached hydrogen (secondary N) is 3. The Morgan fingerprint density at radius 3 is 2.79 bits per heavy atom. The molecule has 1 saturated carbocycles. The lowest BCUT2D eigenvalue weighted by atomic mass is 9.88. The van der Waals surface area contributed by atoms with E-state index in [0.29, 0.717) is 18.8 Å². The van der Waals surface area contributed by atoms with Crippen LogP contribution in [-0.4, -0.2) is 49.9 Å². The van der Waals surface area contributed by atoms with E-state index in [1.54, 1.807) is 0 Å². The number of hydrogen-bond acceptors (Lipinski definition) is 7. The minimum absolute atomic E-state index is 0.329. The van der Waals surface area contributed by atoms with Crippen molar-refractivity contribution in [1.82, 2.24) is 20.9 Å². The molecule has 3 N–H and O–H groups in total. The van der Waals surface area contributed by atoms with Crippen molar-refractivity contribution >= 4 is 6.21 Å². The number of benzene rings is 1. The largest absolute Gasteiger partial charge is 0.454 e. The lowest BCUT2D eigenvalue weighted by molar-refractivity contribution is 0.0934. The lowest BCUT2D eigenvalue weighted by Crippen LogP contribution is -2.63. The molecule has 5 rings (SSSR count). The number of ether oxygens (including phenoxy) is 2. The summed E-state index contributed by atoms with van der Waals surface area (Å²) in [5.74, 6) is 2.85. The number of fused-ring (bicyclic) bond motifs is 1. The molecule has 4 aliphatic rings. The highest BCUT2D eigenvalue weighted by Gasteiger charge is 2.40. The van der Waals surface area contributed by atoms with Crippen LogP contribution in [0, 0.1) is 5.92 Å². The molecule has 1 unspecified atom stereocenters. The second kappa shape index (κ2) is 7.29. The van der Waals surface area contributed by atoms with Crippen LogP contribution >= 0.6 is 0 Å². The van der Waals surface area contributed by atoms with E-state index < -0.39 is 5.79 Å². The predicted octanol–water partition coefficient (Wildman–Crippen LogP) is 1.77. The Labute approximate surface area is 166 Å². The second-order valence-electron chi connectivity index (χ2n) is 8.16. The summed E-state index contributed by atoms with van der Waals surface area (Å²) in [5, 5.41) is 10.7. The molecular weight excluding hydrogens is 354 g/mol. The number of likely N-dealkylation sites (tertiary alicyclic amines) is 1. The number of hydrogen-bond donors (Lipinski definition) is 3. The van der Waals surface area contributed by atoms with Gasteiger partial charge in [-0.1, -0.05) is 6.07 Å². The fraction of sp³-hybridized carbons (Fsp3) is 0.571. The van der Waals surface area contributed by atoms with Crippen LogP contribution in [0.15, 0.2) is 35.1 Å². The number of allylic oxidation sites excluding steroid dienone is 1. The molecule has 0 amide bonds. The van der Waals surface area contributed by atoms with E-state index in [0.717, 1.165) is 49.8 Å². The summed E-state index contributed by atoms with van der Waals surface area (Å²) >= 11 is 0. The molecule has 150 valence electrons. The minimum atomic E-state index is -0.406. The summed E-state index contributed by atoms with van der Waals surface area (Å²) in [6.45, 7) is 3.40. The van der Waals surface area contributed by atoms with Crippen molar-refractivity contribution in [2.45, 2.75) is 44.1 Å². The third kappa shape index (κ3) is 3.56. The molecule has 2 fully saturated rings. The van der Waals surface area contributed by atoms with E-state index in [2.05, 4.69) is 33.0 Å². The Bertz CT molecular complexity index is 783. The van der Waals surface area contributed by atoms with Crippen LogP contribution in [-0.2, 0) is 6.54 Å². The number of piperidine rings is 1. The van der Waals surface area contributed by atoms with E-state index in [1.807, 2.05) is 25.4 Å². The fourth-order valence-electron chi connectivity index (χ4n) is 4.39. The number of rotatable bonds is 6. The summed E-state index contributed by atoms with van der Waals surface area (Å²) in [6.07, 6.45) is 8.72. The van der Waals surface area contributed by atoms with E-state index in [9.17, 15) is 0 Å². The molecule has 0 spiro atoms. The molecule has 0 bridgehead atoms. The second-order valence-corrected chi connectivity index (χ2v) is 8.16. The zero-order chi connectivity index (χ0) is 19.0. The van der Waals surface area contributed by atoms with Crippen LogP contribution in [0.4, 0.5) is 0 Å². The molecule has 0 radical (unpaired) electrons. The molecular formula is C21H29N5O2. The van der Waals surface area contributed by atoms with Gasteiger partial charge >= 0.3 is 0 Å². The Morgan fingerprint density at radius 1 is 1.18 bits per heavy atom. The van der Waals surface area contributed by atoms with Crippen molar-refractivity contribution in [3.63, 3.8) is 0 Å². The molecule has 1 saturated heterocycles. The molecule has 3 heterocycles. The van der Waals surface area contributed by atoms with Gasteiger partial charge in [0.15, 0.2) is 17.3 Å². The summed E-state index contributed by atoms with van der Waals surface area (Å²) in [4.78, 5) is 7.33. The maximum atomic E-state index is 5.51. The van der Waals surface area contributed by atoms with E-state index in [1.165, 1.54) is 18.4 Å². The van der Waals surface area contributed by atoms with Gasteiger partial charge in [0.1, 0.15) is 5.82 Å². The molecule has 1 aromatic carbocycles. The third-order valence-corrected chi connectivity index (χ3v) is 6.18. The molecule has 7 heteroatoms. The summed E-state index contributed by atoms with van der Waals surface area (Å²) in [7, 11) is 2.00. The first-order chi connectivity index (χ1) is 13.7. The van der Waals surface area contributed by atoms with Crippen molar-refractivity contribution in [1.29, 1.82) is 0 Å². The van der Waals surface area contributed by atoms with E-state index >= 15 is 0 Å². The number of nitrogens with zero attached hydrogens (tertiary/aromatic N) is 2. The van der Waals surface area contributed by atoms with E-state index in [-0.39, 0.29) is 0 Å². The van der Waals surface area contributed by atoms with Gasteiger partial charge < -0.3 is 20.1 Å². The van der Waals surface area contributed by atoms with Gasteiger partial charge in [0.05, 0.1) is 0 Å². The number of aliphatic imine (C=N–C) groups is 1. The maximum absolute atomic E-state index is 5.51. The molecule has 1 atom stereocenters. The van der Waals surface area contributed by atoms with Crippen LogP contribution in [0.2, 0.25) is 0 Å². The van der Waals surface area contributed by atoms with Crippen molar-refractivity contribution in [2.24, 2.45) is 10.9 Å². The van der Waals surface area contributed by atoms with Crippen LogP contribution in [0.25, 0.3) is 0 Å². The summed E-state index contributed by atoms with van der Waals surface area (Å²) in [6, 6.07) is 6.89. The van der Waals surface area contributed by atoms with Gasteiger partial charge in [-0.25, -0.2) is 0 Å². The Hall–Kier alpha value is -2.25. The highest BCUT2D eigenvalue weighted by molar-refractivity contribution is 5.73. The van der Waals surface area contributed by atoms with Gasteiger partial charge in [-0.15, -0.1) is 0 Å². The topological polar surface area (TPSA) is 70.2 Å². The van der Waals surface area contributed by atoms with Crippen LogP contribution in [0.5, 0.6) is 11.5 Å². The molecule has 1 aromatic rings. The van der Waals surface area contributed by atoms with Crippen molar-refractivity contribution in [2.75, 3.05) is 26.9 Å². The quantitative estimate of drug-likeness (QED) is 0.696. The monoisotopic (exact) mass is 383 g/mol. The van der Waals surface area contributed by atoms with Gasteiger partial charge in [0.2, 0.25) is 6.79 Å². The van der Waals surface area contributed by atoms with Crippen molar-refractivity contribution in [3.8, 4) is 11.5 Å². The summed E-state index contributed by atoms with van der Waals surface area (Å²) in [5.41, 5.74) is 1.28. The molecule has 1 aliphatic carbocycles. The molecule has 0 aromatic heterocycles. The fourth-order valence-corrected chi connectivity index (χ4v) is 4.39.